The Bertz CT molecular complexity index is 524. The van der Waals surface area contributed by atoms with Crippen LogP contribution in [0.2, 0.25) is 0 Å². The van der Waals surface area contributed by atoms with Crippen LogP contribution in [0, 0.1) is 0 Å². The third-order valence-corrected chi connectivity index (χ3v) is 2.08. The second kappa shape index (κ2) is 5.43. The second-order valence-electron chi connectivity index (χ2n) is 3.48. The third-order valence-electron chi connectivity index (χ3n) is 2.08. The van der Waals surface area contributed by atoms with Crippen LogP contribution < -0.4 is 4.74 Å². The number of carbonyl (C=O) groups excluding carboxylic acids is 2. The molecule has 0 N–H and O–H groups in total. The van der Waals surface area contributed by atoms with Crippen molar-refractivity contribution in [1.82, 2.24) is 0 Å². The number of benzene rings is 1. The van der Waals surface area contributed by atoms with Crippen LogP contribution in [0.3, 0.4) is 0 Å². The summed E-state index contributed by atoms with van der Waals surface area (Å²) >= 11 is 0. The summed E-state index contributed by atoms with van der Waals surface area (Å²) in [4.78, 5) is 21.9. The maximum Gasteiger partial charge on any atom is 0.465 e. The van der Waals surface area contributed by atoms with Crippen molar-refractivity contribution in [3.8, 4) is 5.75 Å². The lowest BCUT2D eigenvalue weighted by Gasteiger charge is -2.17. The van der Waals surface area contributed by atoms with Gasteiger partial charge in [-0.15, -0.1) is 0 Å². The van der Waals surface area contributed by atoms with E-state index in [1.807, 2.05) is 0 Å². The molecule has 1 aromatic carbocycles. The summed E-state index contributed by atoms with van der Waals surface area (Å²) in [6.45, 7) is 0. The predicted octanol–water partition coefficient (Wildman–Crippen LogP) is 2.58. The molecule has 0 fully saturated rings. The minimum Gasteiger partial charge on any atom is -0.465 e. The molecule has 0 aliphatic rings. The van der Waals surface area contributed by atoms with Crippen LogP contribution in [-0.4, -0.2) is 31.1 Å². The Balaban J connectivity index is 2.95. The van der Waals surface area contributed by atoms with Gasteiger partial charge in [0.05, 0.1) is 12.7 Å². The van der Waals surface area contributed by atoms with E-state index in [-0.39, 0.29) is 5.56 Å². The molecule has 1 aromatic rings. The fourth-order valence-corrected chi connectivity index (χ4v) is 1.09. The van der Waals surface area contributed by atoms with Gasteiger partial charge in [-0.2, -0.15) is 22.0 Å². The summed E-state index contributed by atoms with van der Waals surface area (Å²) < 4.78 is 69.3. The predicted molar refractivity (Wildman–Crippen MR) is 54.4 cm³/mol. The highest BCUT2D eigenvalue weighted by molar-refractivity contribution is 5.90. The maximum absolute atomic E-state index is 12.6. The molecule has 110 valence electrons. The standard InChI is InChI=1S/C11H7F5O4/c1-19-8(17)6-3-2-4-7(5-6)20-9(18)10(12,13)11(14,15)16/h2-5H,1H3. The van der Waals surface area contributed by atoms with Gasteiger partial charge in [-0.05, 0) is 18.2 Å². The number of hydrogen-bond donors (Lipinski definition) is 0. The van der Waals surface area contributed by atoms with E-state index >= 15 is 0 Å². The first-order valence-corrected chi connectivity index (χ1v) is 4.95. The van der Waals surface area contributed by atoms with Gasteiger partial charge >= 0.3 is 24.0 Å². The molecule has 9 heteroatoms. The number of methoxy groups -OCH3 is 1. The summed E-state index contributed by atoms with van der Waals surface area (Å²) in [5.41, 5.74) is -0.173. The van der Waals surface area contributed by atoms with Crippen molar-refractivity contribution in [3.05, 3.63) is 29.8 Å². The molecule has 0 atom stereocenters. The third kappa shape index (κ3) is 3.22. The van der Waals surface area contributed by atoms with Crippen molar-refractivity contribution in [3.63, 3.8) is 0 Å². The highest BCUT2D eigenvalue weighted by atomic mass is 19.4. The molecule has 1 rings (SSSR count). The van der Waals surface area contributed by atoms with Crippen LogP contribution in [-0.2, 0) is 9.53 Å². The SMILES string of the molecule is COC(=O)c1cccc(OC(=O)C(F)(F)C(F)(F)F)c1. The first-order chi connectivity index (χ1) is 9.09. The molecule has 4 nitrogen and oxygen atoms in total. The van der Waals surface area contributed by atoms with E-state index in [2.05, 4.69) is 9.47 Å². The Morgan fingerprint density at radius 2 is 1.70 bits per heavy atom. The zero-order chi connectivity index (χ0) is 15.6. The van der Waals surface area contributed by atoms with Crippen LogP contribution in [0.15, 0.2) is 24.3 Å². The monoisotopic (exact) mass is 298 g/mol. The van der Waals surface area contributed by atoms with Crippen molar-refractivity contribution in [2.45, 2.75) is 12.1 Å². The molecular weight excluding hydrogens is 291 g/mol. The van der Waals surface area contributed by atoms with Gasteiger partial charge in [-0.1, -0.05) is 6.07 Å². The number of alkyl halides is 5. The van der Waals surface area contributed by atoms with Gasteiger partial charge < -0.3 is 9.47 Å². The minimum absolute atomic E-state index is 0.173. The number of carbonyl (C=O) groups is 2. The topological polar surface area (TPSA) is 52.6 Å². The van der Waals surface area contributed by atoms with Crippen LogP contribution >= 0.6 is 0 Å². The molecule has 0 bridgehead atoms. The Morgan fingerprint density at radius 3 is 2.20 bits per heavy atom. The van der Waals surface area contributed by atoms with Crippen LogP contribution in [0.25, 0.3) is 0 Å². The average molecular weight is 298 g/mol. The Labute approximate surface area is 109 Å². The van der Waals surface area contributed by atoms with Crippen molar-refractivity contribution in [1.29, 1.82) is 0 Å². The van der Waals surface area contributed by atoms with Crippen LogP contribution in [0.1, 0.15) is 10.4 Å². The normalized spacial score (nSPS) is 11.9. The summed E-state index contributed by atoms with van der Waals surface area (Å²) in [5.74, 6) is -9.94. The number of ether oxygens (including phenoxy) is 2. The lowest BCUT2D eigenvalue weighted by atomic mass is 10.2. The quantitative estimate of drug-likeness (QED) is 0.489. The number of esters is 2. The molecule has 0 spiro atoms. The Morgan fingerprint density at radius 1 is 1.10 bits per heavy atom. The van der Waals surface area contributed by atoms with Crippen molar-refractivity contribution < 1.29 is 41.0 Å². The lowest BCUT2D eigenvalue weighted by molar-refractivity contribution is -0.276. The first-order valence-electron chi connectivity index (χ1n) is 4.95. The van der Waals surface area contributed by atoms with E-state index in [9.17, 15) is 31.5 Å². The van der Waals surface area contributed by atoms with E-state index in [0.29, 0.717) is 0 Å². The van der Waals surface area contributed by atoms with Gasteiger partial charge in [-0.25, -0.2) is 9.59 Å². The number of halogens is 5. The highest BCUT2D eigenvalue weighted by Gasteiger charge is 2.65. The highest BCUT2D eigenvalue weighted by Crippen LogP contribution is 2.36. The summed E-state index contributed by atoms with van der Waals surface area (Å²) in [6.07, 6.45) is -6.07. The summed E-state index contributed by atoms with van der Waals surface area (Å²) in [6, 6.07) is 4.07. The maximum atomic E-state index is 12.6. The minimum atomic E-state index is -6.07. The van der Waals surface area contributed by atoms with Gasteiger partial charge in [0.15, 0.2) is 0 Å². The molecule has 0 aliphatic heterocycles. The van der Waals surface area contributed by atoms with Gasteiger partial charge in [-0.3, -0.25) is 0 Å². The fourth-order valence-electron chi connectivity index (χ4n) is 1.09. The van der Waals surface area contributed by atoms with Gasteiger partial charge in [0.1, 0.15) is 5.75 Å². The molecular formula is C11H7F5O4. The average Bonchev–Trinajstić information content (AvgIpc) is 2.36. The van der Waals surface area contributed by atoms with Gasteiger partial charge in [0.2, 0.25) is 0 Å². The molecule has 0 heterocycles. The fraction of sp³-hybridized carbons (Fsp3) is 0.273. The molecule has 0 unspecified atom stereocenters. The molecule has 0 aliphatic carbocycles. The van der Waals surface area contributed by atoms with Crippen molar-refractivity contribution in [2.75, 3.05) is 7.11 Å². The summed E-state index contributed by atoms with van der Waals surface area (Å²) in [7, 11) is 1.04. The molecule has 0 radical (unpaired) electrons. The number of hydrogen-bond acceptors (Lipinski definition) is 4. The van der Waals surface area contributed by atoms with Gasteiger partial charge in [0, 0.05) is 0 Å². The van der Waals surface area contributed by atoms with E-state index < -0.39 is 29.8 Å². The smallest absolute Gasteiger partial charge is 0.465 e. The lowest BCUT2D eigenvalue weighted by Crippen LogP contribution is -2.46. The molecule has 20 heavy (non-hydrogen) atoms. The van der Waals surface area contributed by atoms with E-state index in [4.69, 9.17) is 0 Å². The Hall–Kier alpha value is -2.19. The zero-order valence-electron chi connectivity index (χ0n) is 9.83. The van der Waals surface area contributed by atoms with E-state index in [1.54, 1.807) is 0 Å². The Kier molecular flexibility index (Phi) is 4.31. The van der Waals surface area contributed by atoms with Gasteiger partial charge in [0.25, 0.3) is 0 Å². The first kappa shape index (κ1) is 15.9. The van der Waals surface area contributed by atoms with E-state index in [0.717, 1.165) is 25.3 Å². The summed E-state index contributed by atoms with van der Waals surface area (Å²) in [5, 5.41) is 0. The molecule has 0 aromatic heterocycles. The molecule has 0 amide bonds. The largest absolute Gasteiger partial charge is 0.465 e. The van der Waals surface area contributed by atoms with Crippen molar-refractivity contribution >= 4 is 11.9 Å². The molecule has 0 saturated carbocycles. The zero-order valence-corrected chi connectivity index (χ0v) is 9.83. The van der Waals surface area contributed by atoms with E-state index in [1.165, 1.54) is 6.07 Å². The second-order valence-corrected chi connectivity index (χ2v) is 3.48. The van der Waals surface area contributed by atoms with Crippen LogP contribution in [0.5, 0.6) is 5.75 Å². The number of rotatable bonds is 3. The molecule has 0 saturated heterocycles. The van der Waals surface area contributed by atoms with Crippen LogP contribution in [0.4, 0.5) is 22.0 Å². The van der Waals surface area contributed by atoms with Crippen molar-refractivity contribution in [2.24, 2.45) is 0 Å².